The minimum absolute atomic E-state index is 0.0854. The molecule has 1 heteroatoms. The molecule has 1 rings (SSSR count). The van der Waals surface area contributed by atoms with Crippen molar-refractivity contribution >= 4 is 0 Å². The molecule has 1 fully saturated rings. The van der Waals surface area contributed by atoms with E-state index in [1.165, 1.54) is 32.1 Å². The lowest BCUT2D eigenvalue weighted by molar-refractivity contribution is -0.0267. The quantitative estimate of drug-likeness (QED) is 0.713. The molecule has 0 saturated heterocycles. The van der Waals surface area contributed by atoms with Crippen molar-refractivity contribution in [2.24, 2.45) is 11.3 Å². The Morgan fingerprint density at radius 3 is 2.23 bits per heavy atom. The van der Waals surface area contributed by atoms with E-state index in [2.05, 4.69) is 20.8 Å². The maximum atomic E-state index is 10.2. The van der Waals surface area contributed by atoms with Gasteiger partial charge >= 0.3 is 0 Å². The third-order valence-corrected chi connectivity index (χ3v) is 3.89. The molecule has 0 aromatic heterocycles. The van der Waals surface area contributed by atoms with Gasteiger partial charge in [-0.2, -0.15) is 0 Å². The Morgan fingerprint density at radius 1 is 1.23 bits per heavy atom. The zero-order valence-electron chi connectivity index (χ0n) is 9.34. The number of aliphatic hydroxyl groups is 1. The molecule has 0 radical (unpaired) electrons. The molecule has 1 N–H and O–H groups in total. The Kier molecular flexibility index (Phi) is 3.78. The van der Waals surface area contributed by atoms with E-state index in [0.29, 0.717) is 5.92 Å². The van der Waals surface area contributed by atoms with Crippen LogP contribution in [0.3, 0.4) is 0 Å². The largest absolute Gasteiger partial charge is 0.392 e. The summed E-state index contributed by atoms with van der Waals surface area (Å²) in [6.45, 7) is 6.60. The topological polar surface area (TPSA) is 20.2 Å². The summed E-state index contributed by atoms with van der Waals surface area (Å²) in [6.07, 6.45) is 7.43. The zero-order valence-corrected chi connectivity index (χ0v) is 9.34. The van der Waals surface area contributed by atoms with Gasteiger partial charge in [-0.1, -0.05) is 46.5 Å². The molecule has 2 unspecified atom stereocenters. The highest BCUT2D eigenvalue weighted by molar-refractivity contribution is 4.87. The summed E-state index contributed by atoms with van der Waals surface area (Å²) in [7, 11) is 0. The van der Waals surface area contributed by atoms with E-state index in [4.69, 9.17) is 0 Å². The summed E-state index contributed by atoms with van der Waals surface area (Å²) in [5.74, 6) is 0.461. The van der Waals surface area contributed by atoms with Crippen LogP contribution in [0.5, 0.6) is 0 Å². The molecule has 0 aliphatic heterocycles. The van der Waals surface area contributed by atoms with E-state index in [9.17, 15) is 5.11 Å². The van der Waals surface area contributed by atoms with Gasteiger partial charge in [0.2, 0.25) is 0 Å². The lowest BCUT2D eigenvalue weighted by Crippen LogP contribution is -2.38. The van der Waals surface area contributed by atoms with Crippen molar-refractivity contribution in [3.63, 3.8) is 0 Å². The fourth-order valence-corrected chi connectivity index (χ4v) is 2.57. The van der Waals surface area contributed by atoms with Crippen molar-refractivity contribution in [1.29, 1.82) is 0 Å². The molecule has 0 heterocycles. The van der Waals surface area contributed by atoms with Crippen LogP contribution in [0.15, 0.2) is 0 Å². The van der Waals surface area contributed by atoms with Crippen LogP contribution < -0.4 is 0 Å². The van der Waals surface area contributed by atoms with Crippen LogP contribution in [0, 0.1) is 11.3 Å². The predicted octanol–water partition coefficient (Wildman–Crippen LogP) is 3.36. The highest BCUT2D eigenvalue weighted by Crippen LogP contribution is 2.41. The number of aliphatic hydroxyl groups excluding tert-OH is 1. The van der Waals surface area contributed by atoms with Crippen LogP contribution in [-0.2, 0) is 0 Å². The molecule has 0 aromatic carbocycles. The number of rotatable bonds is 3. The molecule has 0 bridgehead atoms. The second-order valence-corrected chi connectivity index (χ2v) is 5.05. The predicted molar refractivity (Wildman–Crippen MR) is 56.7 cm³/mol. The van der Waals surface area contributed by atoms with Gasteiger partial charge < -0.3 is 5.11 Å². The third-order valence-electron chi connectivity index (χ3n) is 3.89. The fraction of sp³-hybridized carbons (Fsp3) is 1.00. The second-order valence-electron chi connectivity index (χ2n) is 5.05. The van der Waals surface area contributed by atoms with Crippen molar-refractivity contribution in [3.05, 3.63) is 0 Å². The lowest BCUT2D eigenvalue weighted by atomic mass is 9.68. The van der Waals surface area contributed by atoms with Gasteiger partial charge in [-0.05, 0) is 24.2 Å². The maximum absolute atomic E-state index is 10.2. The molecule has 0 amide bonds. The standard InChI is InChI=1S/C12H24O/c1-4-10(2)11(13)12(3)8-6-5-7-9-12/h10-11,13H,4-9H2,1-3H3. The first-order chi connectivity index (χ1) is 6.10. The minimum Gasteiger partial charge on any atom is -0.392 e. The van der Waals surface area contributed by atoms with Gasteiger partial charge in [-0.25, -0.2) is 0 Å². The maximum Gasteiger partial charge on any atom is 0.0619 e. The Hall–Kier alpha value is -0.0400. The van der Waals surface area contributed by atoms with Crippen LogP contribution in [0.25, 0.3) is 0 Å². The molecule has 0 aromatic rings. The minimum atomic E-state index is -0.0854. The third kappa shape index (κ3) is 2.46. The molecule has 13 heavy (non-hydrogen) atoms. The van der Waals surface area contributed by atoms with E-state index in [0.717, 1.165) is 6.42 Å². The van der Waals surface area contributed by atoms with Gasteiger partial charge in [-0.15, -0.1) is 0 Å². The summed E-state index contributed by atoms with van der Waals surface area (Å²) in [5.41, 5.74) is 0.216. The molecule has 2 atom stereocenters. The normalized spacial score (nSPS) is 26.8. The highest BCUT2D eigenvalue weighted by Gasteiger charge is 2.36. The summed E-state index contributed by atoms with van der Waals surface area (Å²) in [5, 5.41) is 10.2. The first-order valence-electron chi connectivity index (χ1n) is 5.78. The van der Waals surface area contributed by atoms with E-state index in [-0.39, 0.29) is 11.5 Å². The summed E-state index contributed by atoms with van der Waals surface area (Å²) in [6, 6.07) is 0. The van der Waals surface area contributed by atoms with Gasteiger partial charge in [0.1, 0.15) is 0 Å². The number of hydrogen-bond acceptors (Lipinski definition) is 1. The molecule has 1 aliphatic rings. The van der Waals surface area contributed by atoms with Gasteiger partial charge in [0.05, 0.1) is 6.10 Å². The van der Waals surface area contributed by atoms with Crippen LogP contribution in [0.4, 0.5) is 0 Å². The highest BCUT2D eigenvalue weighted by atomic mass is 16.3. The van der Waals surface area contributed by atoms with Gasteiger partial charge in [0.25, 0.3) is 0 Å². The summed E-state index contributed by atoms with van der Waals surface area (Å²) < 4.78 is 0. The van der Waals surface area contributed by atoms with Crippen molar-refractivity contribution in [2.75, 3.05) is 0 Å². The molecule has 1 saturated carbocycles. The second kappa shape index (κ2) is 4.45. The van der Waals surface area contributed by atoms with Gasteiger partial charge in [-0.3, -0.25) is 0 Å². The molecule has 1 nitrogen and oxygen atoms in total. The first kappa shape index (κ1) is 11.0. The van der Waals surface area contributed by atoms with E-state index >= 15 is 0 Å². The van der Waals surface area contributed by atoms with Crippen LogP contribution in [0.1, 0.15) is 59.3 Å². The SMILES string of the molecule is CCC(C)C(O)C1(C)CCCCC1. The van der Waals surface area contributed by atoms with Crippen LogP contribution in [-0.4, -0.2) is 11.2 Å². The Balaban J connectivity index is 2.55. The fourth-order valence-electron chi connectivity index (χ4n) is 2.57. The summed E-state index contributed by atoms with van der Waals surface area (Å²) >= 11 is 0. The first-order valence-corrected chi connectivity index (χ1v) is 5.78. The lowest BCUT2D eigenvalue weighted by Gasteiger charge is -2.40. The molecular formula is C12H24O. The van der Waals surface area contributed by atoms with E-state index in [1.807, 2.05) is 0 Å². The zero-order chi connectivity index (χ0) is 9.90. The Labute approximate surface area is 82.5 Å². The van der Waals surface area contributed by atoms with Gasteiger partial charge in [0, 0.05) is 0 Å². The monoisotopic (exact) mass is 184 g/mol. The van der Waals surface area contributed by atoms with Crippen molar-refractivity contribution in [3.8, 4) is 0 Å². The average Bonchev–Trinajstić information content (AvgIpc) is 2.16. The molecule has 78 valence electrons. The number of hydrogen-bond donors (Lipinski definition) is 1. The van der Waals surface area contributed by atoms with Crippen molar-refractivity contribution in [1.82, 2.24) is 0 Å². The molecular weight excluding hydrogens is 160 g/mol. The van der Waals surface area contributed by atoms with Crippen LogP contribution in [0.2, 0.25) is 0 Å². The molecule has 1 aliphatic carbocycles. The van der Waals surface area contributed by atoms with Crippen LogP contribution >= 0.6 is 0 Å². The van der Waals surface area contributed by atoms with E-state index in [1.54, 1.807) is 0 Å². The summed E-state index contributed by atoms with van der Waals surface area (Å²) in [4.78, 5) is 0. The smallest absolute Gasteiger partial charge is 0.0619 e. The average molecular weight is 184 g/mol. The van der Waals surface area contributed by atoms with Gasteiger partial charge in [0.15, 0.2) is 0 Å². The Bertz CT molecular complexity index is 147. The van der Waals surface area contributed by atoms with E-state index < -0.39 is 0 Å². The van der Waals surface area contributed by atoms with Crippen molar-refractivity contribution < 1.29 is 5.11 Å². The van der Waals surface area contributed by atoms with Crippen molar-refractivity contribution in [2.45, 2.75) is 65.4 Å². The Morgan fingerprint density at radius 2 is 1.77 bits per heavy atom. The molecule has 0 spiro atoms.